The van der Waals surface area contributed by atoms with Crippen molar-refractivity contribution < 1.29 is 14.3 Å². The monoisotopic (exact) mass is 372 g/mol. The molecule has 2 heterocycles. The Balaban J connectivity index is 1.34. The lowest BCUT2D eigenvalue weighted by molar-refractivity contribution is -0.116. The molecule has 1 aliphatic carbocycles. The summed E-state index contributed by atoms with van der Waals surface area (Å²) in [5.41, 5.74) is 1.81. The number of carbonyl (C=O) groups is 1. The van der Waals surface area contributed by atoms with Crippen molar-refractivity contribution in [1.82, 2.24) is 4.98 Å². The highest BCUT2D eigenvalue weighted by molar-refractivity contribution is 7.14. The molecule has 1 aromatic heterocycles. The van der Waals surface area contributed by atoms with Crippen LogP contribution >= 0.6 is 11.3 Å². The van der Waals surface area contributed by atoms with Gasteiger partial charge in [0, 0.05) is 17.4 Å². The van der Waals surface area contributed by atoms with E-state index in [2.05, 4.69) is 10.3 Å². The molecule has 1 saturated carbocycles. The number of thiazole rings is 1. The van der Waals surface area contributed by atoms with Crippen molar-refractivity contribution in [1.29, 1.82) is 0 Å². The minimum absolute atomic E-state index is 0.0682. The second-order valence-corrected chi connectivity index (χ2v) is 7.85. The van der Waals surface area contributed by atoms with E-state index in [1.54, 1.807) is 0 Å². The Morgan fingerprint density at radius 3 is 2.81 bits per heavy atom. The van der Waals surface area contributed by atoms with E-state index in [-0.39, 0.29) is 5.91 Å². The maximum Gasteiger partial charge on any atom is 0.226 e. The van der Waals surface area contributed by atoms with Gasteiger partial charge in [0.25, 0.3) is 0 Å². The summed E-state index contributed by atoms with van der Waals surface area (Å²) < 4.78 is 11.2. The molecule has 0 bridgehead atoms. The van der Waals surface area contributed by atoms with Crippen LogP contribution in [0.4, 0.5) is 5.13 Å². The summed E-state index contributed by atoms with van der Waals surface area (Å²) in [5, 5.41) is 5.56. The summed E-state index contributed by atoms with van der Waals surface area (Å²) in [4.78, 5) is 16.8. The first-order valence-electron chi connectivity index (χ1n) is 9.43. The van der Waals surface area contributed by atoms with Crippen LogP contribution in [0.3, 0.4) is 0 Å². The number of benzene rings is 1. The molecule has 1 fully saturated rings. The number of carbonyl (C=O) groups excluding carboxylic acids is 1. The second kappa shape index (κ2) is 8.08. The van der Waals surface area contributed by atoms with Crippen molar-refractivity contribution in [3.05, 3.63) is 23.6 Å². The summed E-state index contributed by atoms with van der Waals surface area (Å²) in [6.45, 7) is 1.15. The van der Waals surface area contributed by atoms with Gasteiger partial charge in [0.05, 0.1) is 5.69 Å². The van der Waals surface area contributed by atoms with Crippen LogP contribution in [-0.4, -0.2) is 24.1 Å². The number of hydrogen-bond acceptors (Lipinski definition) is 5. The molecule has 138 valence electrons. The van der Waals surface area contributed by atoms with E-state index in [4.69, 9.17) is 9.47 Å². The van der Waals surface area contributed by atoms with Gasteiger partial charge in [0.1, 0.15) is 13.2 Å². The number of nitrogens with one attached hydrogen (secondary N) is 1. The van der Waals surface area contributed by atoms with Crippen LogP contribution in [0, 0.1) is 5.92 Å². The third-order valence-electron chi connectivity index (χ3n) is 5.09. The molecule has 26 heavy (non-hydrogen) atoms. The number of fused-ring (bicyclic) bond motifs is 1. The van der Waals surface area contributed by atoms with Crippen molar-refractivity contribution >= 4 is 22.4 Å². The zero-order valence-corrected chi connectivity index (χ0v) is 15.6. The summed E-state index contributed by atoms with van der Waals surface area (Å²) >= 11 is 1.46. The molecule has 1 aromatic carbocycles. The van der Waals surface area contributed by atoms with E-state index in [9.17, 15) is 4.79 Å². The molecule has 2 aromatic rings. The van der Waals surface area contributed by atoms with Gasteiger partial charge < -0.3 is 14.8 Å². The quantitative estimate of drug-likeness (QED) is 0.812. The van der Waals surface area contributed by atoms with Gasteiger partial charge in [0.15, 0.2) is 16.6 Å². The van der Waals surface area contributed by atoms with Crippen molar-refractivity contribution in [3.8, 4) is 22.8 Å². The predicted octanol–water partition coefficient (Wildman–Crippen LogP) is 4.88. The largest absolute Gasteiger partial charge is 0.486 e. The number of hydrogen-bond donors (Lipinski definition) is 1. The molecule has 4 rings (SSSR count). The Morgan fingerprint density at radius 2 is 1.96 bits per heavy atom. The summed E-state index contributed by atoms with van der Waals surface area (Å²) in [5.74, 6) is 2.31. The third-order valence-corrected chi connectivity index (χ3v) is 5.85. The maximum atomic E-state index is 12.2. The highest BCUT2D eigenvalue weighted by atomic mass is 32.1. The van der Waals surface area contributed by atoms with Gasteiger partial charge >= 0.3 is 0 Å². The highest BCUT2D eigenvalue weighted by Gasteiger charge is 2.16. The molecular weight excluding hydrogens is 348 g/mol. The maximum absolute atomic E-state index is 12.2. The van der Waals surface area contributed by atoms with E-state index >= 15 is 0 Å². The number of rotatable bonds is 5. The van der Waals surface area contributed by atoms with Gasteiger partial charge in [0.2, 0.25) is 5.91 Å². The SMILES string of the molecule is O=C(CCC1CCCCC1)Nc1nc(-c2ccc3c(c2)OCCO3)cs1. The lowest BCUT2D eigenvalue weighted by atomic mass is 9.86. The molecule has 0 spiro atoms. The van der Waals surface area contributed by atoms with Crippen molar-refractivity contribution in [2.75, 3.05) is 18.5 Å². The summed E-state index contributed by atoms with van der Waals surface area (Å²) in [6, 6.07) is 5.82. The smallest absolute Gasteiger partial charge is 0.226 e. The Bertz CT molecular complexity index is 768. The van der Waals surface area contributed by atoms with E-state index in [0.717, 1.165) is 35.1 Å². The number of amides is 1. The number of ether oxygens (including phenoxy) is 2. The Hall–Kier alpha value is -2.08. The Morgan fingerprint density at radius 1 is 1.15 bits per heavy atom. The average Bonchev–Trinajstić information content (AvgIpc) is 3.15. The molecule has 5 nitrogen and oxygen atoms in total. The van der Waals surface area contributed by atoms with Crippen LogP contribution < -0.4 is 14.8 Å². The molecule has 2 aliphatic rings. The molecule has 1 N–H and O–H groups in total. The van der Waals surface area contributed by atoms with Gasteiger partial charge in [-0.15, -0.1) is 11.3 Å². The molecule has 0 radical (unpaired) electrons. The first kappa shape index (κ1) is 17.3. The molecule has 1 amide bonds. The van der Waals surface area contributed by atoms with Crippen LogP contribution in [0.5, 0.6) is 11.5 Å². The predicted molar refractivity (Wildman–Crippen MR) is 103 cm³/mol. The Kier molecular flexibility index (Phi) is 5.39. The van der Waals surface area contributed by atoms with Crippen LogP contribution in [0.15, 0.2) is 23.6 Å². The van der Waals surface area contributed by atoms with Gasteiger partial charge in [-0.3, -0.25) is 4.79 Å². The Labute approximate surface area is 157 Å². The lowest BCUT2D eigenvalue weighted by Gasteiger charge is -2.20. The minimum atomic E-state index is 0.0682. The van der Waals surface area contributed by atoms with Gasteiger partial charge in [-0.05, 0) is 30.5 Å². The normalized spacial score (nSPS) is 17.1. The first-order chi connectivity index (χ1) is 12.8. The van der Waals surface area contributed by atoms with E-state index in [1.165, 1.54) is 43.4 Å². The average molecular weight is 372 g/mol. The van der Waals surface area contributed by atoms with Crippen LogP contribution in [-0.2, 0) is 4.79 Å². The fourth-order valence-electron chi connectivity index (χ4n) is 3.66. The zero-order valence-electron chi connectivity index (χ0n) is 14.8. The first-order valence-corrected chi connectivity index (χ1v) is 10.3. The van der Waals surface area contributed by atoms with Crippen LogP contribution in [0.1, 0.15) is 44.9 Å². The van der Waals surface area contributed by atoms with Crippen molar-refractivity contribution in [2.24, 2.45) is 5.92 Å². The highest BCUT2D eigenvalue weighted by Crippen LogP contribution is 2.35. The standard InChI is InChI=1S/C20H24N2O3S/c23-19(9-6-14-4-2-1-3-5-14)22-20-21-16(13-26-20)15-7-8-17-18(12-15)25-11-10-24-17/h7-8,12-14H,1-6,9-11H2,(H,21,22,23). The van der Waals surface area contributed by atoms with E-state index < -0.39 is 0 Å². The molecule has 6 heteroatoms. The number of aromatic nitrogens is 1. The third kappa shape index (κ3) is 4.18. The van der Waals surface area contributed by atoms with E-state index in [1.807, 2.05) is 23.6 Å². The minimum Gasteiger partial charge on any atom is -0.486 e. The van der Waals surface area contributed by atoms with Gasteiger partial charge in [-0.2, -0.15) is 0 Å². The summed E-state index contributed by atoms with van der Waals surface area (Å²) in [6.07, 6.45) is 8.12. The lowest BCUT2D eigenvalue weighted by Crippen LogP contribution is -2.15. The fraction of sp³-hybridized carbons (Fsp3) is 0.500. The molecule has 0 saturated heterocycles. The van der Waals surface area contributed by atoms with E-state index in [0.29, 0.717) is 24.8 Å². The zero-order chi connectivity index (χ0) is 17.8. The number of nitrogens with zero attached hydrogens (tertiary/aromatic N) is 1. The molecule has 1 aliphatic heterocycles. The fourth-order valence-corrected chi connectivity index (χ4v) is 4.40. The van der Waals surface area contributed by atoms with Crippen molar-refractivity contribution in [2.45, 2.75) is 44.9 Å². The molecule has 0 atom stereocenters. The molecular formula is C20H24N2O3S. The summed E-state index contributed by atoms with van der Waals surface area (Å²) in [7, 11) is 0. The molecule has 0 unspecified atom stereocenters. The number of anilines is 1. The second-order valence-electron chi connectivity index (χ2n) is 6.99. The van der Waals surface area contributed by atoms with Crippen LogP contribution in [0.25, 0.3) is 11.3 Å². The van der Waals surface area contributed by atoms with Gasteiger partial charge in [-0.25, -0.2) is 4.98 Å². The van der Waals surface area contributed by atoms with Gasteiger partial charge in [-0.1, -0.05) is 32.1 Å². The topological polar surface area (TPSA) is 60.5 Å². The van der Waals surface area contributed by atoms with Crippen LogP contribution in [0.2, 0.25) is 0 Å². The van der Waals surface area contributed by atoms with Crippen molar-refractivity contribution in [3.63, 3.8) is 0 Å².